The van der Waals surface area contributed by atoms with E-state index < -0.39 is 0 Å². The molecular weight excluding hydrogens is 607 g/mol. The van der Waals surface area contributed by atoms with Crippen LogP contribution in [0.15, 0.2) is 77.7 Å². The van der Waals surface area contributed by atoms with Crippen molar-refractivity contribution < 1.29 is 9.47 Å². The summed E-state index contributed by atoms with van der Waals surface area (Å²) in [5.41, 5.74) is 6.00. The number of ether oxygens (including phenoxy) is 2. The first kappa shape index (κ1) is 32.3. The zero-order valence-electron chi connectivity index (χ0n) is 27.0. The summed E-state index contributed by atoms with van der Waals surface area (Å²) >= 11 is 0.409. The van der Waals surface area contributed by atoms with Gasteiger partial charge in [0.2, 0.25) is 0 Å². The summed E-state index contributed by atoms with van der Waals surface area (Å²) in [6, 6.07) is 26.4. The van der Waals surface area contributed by atoms with Crippen LogP contribution in [0.4, 0.5) is 17.1 Å². The van der Waals surface area contributed by atoms with Crippen molar-refractivity contribution in [3.8, 4) is 11.5 Å². The van der Waals surface area contributed by atoms with Crippen LogP contribution in [0.1, 0.15) is 90.9 Å². The Labute approximate surface area is 270 Å². The average molecular weight is 658 g/mol. The first-order valence-electron chi connectivity index (χ1n) is 16.9. The van der Waals surface area contributed by atoms with Gasteiger partial charge in [-0.25, -0.2) is 0 Å². The maximum atomic E-state index is 6.11. The van der Waals surface area contributed by atoms with Crippen LogP contribution in [-0.2, 0) is 7.05 Å². The van der Waals surface area contributed by atoms with E-state index in [-0.39, 0.29) is 0 Å². The summed E-state index contributed by atoms with van der Waals surface area (Å²) in [7, 11) is 2.19. The van der Waals surface area contributed by atoms with E-state index in [9.17, 15) is 0 Å². The van der Waals surface area contributed by atoms with Crippen LogP contribution in [0, 0.1) is 0 Å². The number of nitrogens with zero attached hydrogens (tertiary/aromatic N) is 2. The summed E-state index contributed by atoms with van der Waals surface area (Å²) < 4.78 is 16.1. The fraction of sp³-hybridized carbons (Fsp3) is 0.436. The Hall–Kier alpha value is -3.14. The Morgan fingerprint density at radius 3 is 1.61 bits per heavy atom. The Bertz CT molecular complexity index is 1490. The Kier molecular flexibility index (Phi) is 12.3. The van der Waals surface area contributed by atoms with Gasteiger partial charge in [0.05, 0.1) is 0 Å². The van der Waals surface area contributed by atoms with Crippen molar-refractivity contribution in [3.63, 3.8) is 0 Å². The van der Waals surface area contributed by atoms with Crippen molar-refractivity contribution in [2.45, 2.75) is 90.9 Å². The molecule has 0 aliphatic rings. The molecule has 0 atom stereocenters. The minimum atomic E-state index is 0.409. The number of fused-ring (bicyclic) bond motifs is 3. The molecule has 5 heteroatoms. The van der Waals surface area contributed by atoms with Crippen molar-refractivity contribution in [1.82, 2.24) is 4.57 Å². The molecule has 5 aromatic rings. The number of benzene rings is 3. The molecule has 0 spiro atoms. The van der Waals surface area contributed by atoms with Crippen molar-refractivity contribution in [2.24, 2.45) is 7.05 Å². The quantitative estimate of drug-likeness (QED) is 0.0653. The fourth-order valence-corrected chi connectivity index (χ4v) is 8.01. The van der Waals surface area contributed by atoms with Gasteiger partial charge in [-0.05, 0) is 12.8 Å². The molecule has 5 rings (SSSR count). The van der Waals surface area contributed by atoms with E-state index in [1.165, 1.54) is 84.9 Å². The van der Waals surface area contributed by atoms with Crippen molar-refractivity contribution in [3.05, 3.63) is 77.7 Å². The van der Waals surface area contributed by atoms with Gasteiger partial charge in [0, 0.05) is 0 Å². The van der Waals surface area contributed by atoms with E-state index in [1.54, 1.807) is 0 Å². The summed E-state index contributed by atoms with van der Waals surface area (Å²) in [5, 5.41) is 1.37. The molecular formula is C39H50N2O2Se. The van der Waals surface area contributed by atoms with Gasteiger partial charge in [0.1, 0.15) is 0 Å². The third kappa shape index (κ3) is 8.31. The molecule has 0 saturated carbocycles. The van der Waals surface area contributed by atoms with Gasteiger partial charge >= 0.3 is 181 Å². The Morgan fingerprint density at radius 2 is 1.07 bits per heavy atom. The fourth-order valence-electron chi connectivity index (χ4n) is 6.00. The summed E-state index contributed by atoms with van der Waals surface area (Å²) in [6.45, 7) is 6.08. The Balaban J connectivity index is 1.31. The van der Waals surface area contributed by atoms with Gasteiger partial charge < -0.3 is 0 Å². The average Bonchev–Trinajstić information content (AvgIpc) is 3.64. The SMILES string of the molecule is CCCCCCCCOc1ccc(N(c2ccc(OCCCCCCCC)cc2)c2ccc3c4[se]ccc4n(C)c3c2)cc1. The second-order valence-electron chi connectivity index (χ2n) is 12.0. The zero-order valence-corrected chi connectivity index (χ0v) is 28.7. The van der Waals surface area contributed by atoms with E-state index in [0.717, 1.165) is 54.6 Å². The second kappa shape index (κ2) is 16.8. The van der Waals surface area contributed by atoms with Gasteiger partial charge in [0.25, 0.3) is 0 Å². The van der Waals surface area contributed by atoms with E-state index >= 15 is 0 Å². The molecule has 0 fully saturated rings. The molecule has 2 heterocycles. The van der Waals surface area contributed by atoms with Crippen molar-refractivity contribution in [1.29, 1.82) is 0 Å². The third-order valence-corrected chi connectivity index (χ3v) is 10.5. The molecule has 0 aliphatic heterocycles. The van der Waals surface area contributed by atoms with Crippen LogP contribution < -0.4 is 14.4 Å². The topological polar surface area (TPSA) is 26.6 Å². The molecule has 3 aromatic carbocycles. The number of anilines is 3. The number of aryl methyl sites for hydroxylation is 1. The van der Waals surface area contributed by atoms with Gasteiger partial charge in [0.15, 0.2) is 0 Å². The number of unbranched alkanes of at least 4 members (excludes halogenated alkanes) is 10. The molecule has 44 heavy (non-hydrogen) atoms. The molecule has 0 saturated heterocycles. The van der Waals surface area contributed by atoms with E-state index in [0.29, 0.717) is 14.5 Å². The molecule has 0 N–H and O–H groups in total. The van der Waals surface area contributed by atoms with Crippen LogP contribution in [0.2, 0.25) is 0 Å². The van der Waals surface area contributed by atoms with E-state index in [2.05, 4.69) is 108 Å². The Morgan fingerprint density at radius 1 is 0.568 bits per heavy atom. The van der Waals surface area contributed by atoms with Crippen LogP contribution in [0.25, 0.3) is 20.7 Å². The van der Waals surface area contributed by atoms with E-state index in [4.69, 9.17) is 9.47 Å². The molecule has 0 unspecified atom stereocenters. The predicted octanol–water partition coefficient (Wildman–Crippen LogP) is 11.3. The van der Waals surface area contributed by atoms with Crippen LogP contribution in [0.5, 0.6) is 11.5 Å². The molecule has 2 aromatic heterocycles. The molecule has 0 radical (unpaired) electrons. The van der Waals surface area contributed by atoms with Gasteiger partial charge in [-0.15, -0.1) is 0 Å². The molecule has 0 bridgehead atoms. The summed E-state index contributed by atoms with van der Waals surface area (Å²) in [5.74, 6) is 1.87. The summed E-state index contributed by atoms with van der Waals surface area (Å²) in [4.78, 5) is 4.66. The maximum absolute atomic E-state index is 6.11. The standard InChI is InChI=1S/C39H50N2O2Se/c1-4-6-8-10-12-14-27-42-34-21-16-31(17-22-34)41(32-18-23-35(24-19-32)43-28-15-13-11-9-7-5-2)33-20-25-36-38(30-33)40(3)37-26-29-44-39(36)37/h16-26,29-30H,4-15,27-28H2,1-3H3. The number of hydrogen-bond acceptors (Lipinski definition) is 3. The first-order chi connectivity index (χ1) is 21.7. The van der Waals surface area contributed by atoms with Gasteiger partial charge in [-0.3, -0.25) is 0 Å². The van der Waals surface area contributed by atoms with Gasteiger partial charge in [-0.2, -0.15) is 0 Å². The predicted molar refractivity (Wildman–Crippen MR) is 190 cm³/mol. The zero-order chi connectivity index (χ0) is 30.6. The number of hydrogen-bond donors (Lipinski definition) is 0. The normalized spacial score (nSPS) is 11.4. The number of aromatic nitrogens is 1. The summed E-state index contributed by atoms with van der Waals surface area (Å²) in [6.07, 6.45) is 15.2. The van der Waals surface area contributed by atoms with Crippen molar-refractivity contribution >= 4 is 52.2 Å². The number of rotatable bonds is 19. The van der Waals surface area contributed by atoms with E-state index in [1.807, 2.05) is 0 Å². The molecule has 0 aliphatic carbocycles. The first-order valence-corrected chi connectivity index (χ1v) is 18.8. The third-order valence-electron chi connectivity index (χ3n) is 8.57. The second-order valence-corrected chi connectivity index (χ2v) is 13.9. The monoisotopic (exact) mass is 658 g/mol. The molecule has 234 valence electrons. The minimum absolute atomic E-state index is 0.409. The van der Waals surface area contributed by atoms with Gasteiger partial charge in [-0.1, -0.05) is 78.1 Å². The molecule has 4 nitrogen and oxygen atoms in total. The van der Waals surface area contributed by atoms with Crippen LogP contribution >= 0.6 is 0 Å². The van der Waals surface area contributed by atoms with Crippen molar-refractivity contribution in [2.75, 3.05) is 18.1 Å². The van der Waals surface area contributed by atoms with Crippen LogP contribution in [-0.4, -0.2) is 32.3 Å². The van der Waals surface area contributed by atoms with Crippen LogP contribution in [0.3, 0.4) is 0 Å². The molecule has 0 amide bonds.